The van der Waals surface area contributed by atoms with E-state index in [0.717, 1.165) is 115 Å². The van der Waals surface area contributed by atoms with Gasteiger partial charge in [0, 0.05) is 48.7 Å². The third kappa shape index (κ3) is 6.47. The zero-order valence-corrected chi connectivity index (χ0v) is 43.0. The first-order chi connectivity index (χ1) is 36.8. The largest absolute Gasteiger partial charge is 0.306 e. The third-order valence-corrected chi connectivity index (χ3v) is 15.8. The molecule has 0 atom stereocenters. The minimum Gasteiger partial charge on any atom is -0.306 e. The molecule has 0 spiro atoms. The van der Waals surface area contributed by atoms with E-state index in [1.165, 1.54) is 17.7 Å². The van der Waals surface area contributed by atoms with Crippen LogP contribution in [-0.4, -0.2) is 18.3 Å². The van der Waals surface area contributed by atoms with Gasteiger partial charge in [0.2, 0.25) is 0 Å². The predicted molar refractivity (Wildman–Crippen MR) is 311 cm³/mol. The lowest BCUT2D eigenvalue weighted by Crippen LogP contribution is -2.20. The summed E-state index contributed by atoms with van der Waals surface area (Å²) in [7, 11) is 0. The van der Waals surface area contributed by atoms with Crippen LogP contribution in [0.1, 0.15) is 58.2 Å². The van der Waals surface area contributed by atoms with Crippen molar-refractivity contribution in [3.63, 3.8) is 0 Å². The Bertz CT molecular complexity index is 4460. The molecule has 0 saturated heterocycles. The second-order valence-electron chi connectivity index (χ2n) is 22.3. The van der Waals surface area contributed by atoms with Crippen molar-refractivity contribution in [3.05, 3.63) is 229 Å². The average molecular weight is 988 g/mol. The monoisotopic (exact) mass is 987 g/mol. The number of aromatic nitrogens is 4. The normalized spacial score (nSPS) is 12.5. The molecule has 0 saturated carbocycles. The number of hydrogen-bond acceptors (Lipinski definition) is 1. The highest BCUT2D eigenvalue weighted by Gasteiger charge is 2.37. The number of para-hydroxylation sites is 6. The van der Waals surface area contributed by atoms with Crippen molar-refractivity contribution in [1.82, 2.24) is 18.3 Å². The van der Waals surface area contributed by atoms with Gasteiger partial charge in [-0.25, -0.2) is 8.78 Å². The predicted octanol–water partition coefficient (Wildman–Crippen LogP) is 18.5. The summed E-state index contributed by atoms with van der Waals surface area (Å²) in [5, 5.41) is 20.2. The molecular formula is C69H51F2N5. The maximum absolute atomic E-state index is 16.0. The van der Waals surface area contributed by atoms with Crippen LogP contribution in [0.2, 0.25) is 0 Å². The summed E-state index contributed by atoms with van der Waals surface area (Å²) in [5.74, 6) is -0.688. The van der Waals surface area contributed by atoms with Crippen LogP contribution in [0.15, 0.2) is 200 Å². The second-order valence-corrected chi connectivity index (χ2v) is 22.3. The van der Waals surface area contributed by atoms with Crippen molar-refractivity contribution in [2.75, 3.05) is 0 Å². The molecule has 0 N–H and O–H groups in total. The van der Waals surface area contributed by atoms with E-state index >= 15 is 8.78 Å². The van der Waals surface area contributed by atoms with Gasteiger partial charge in [-0.2, -0.15) is 5.26 Å². The highest BCUT2D eigenvalue weighted by Crippen LogP contribution is 2.53. The van der Waals surface area contributed by atoms with Crippen LogP contribution >= 0.6 is 0 Å². The first-order valence-corrected chi connectivity index (χ1v) is 26.0. The molecule has 4 aromatic heterocycles. The lowest BCUT2D eigenvalue weighted by Gasteiger charge is -2.33. The molecule has 4 heterocycles. The molecule has 14 rings (SSSR count). The summed E-state index contributed by atoms with van der Waals surface area (Å²) < 4.78 is 41.1. The van der Waals surface area contributed by atoms with Crippen LogP contribution in [-0.2, 0) is 10.8 Å². The maximum Gasteiger partial charge on any atom is 0.123 e. The van der Waals surface area contributed by atoms with E-state index in [1.54, 1.807) is 12.1 Å². The van der Waals surface area contributed by atoms with Crippen LogP contribution in [0.5, 0.6) is 0 Å². The van der Waals surface area contributed by atoms with E-state index in [2.05, 4.69) is 205 Å². The molecule has 14 aromatic rings. The van der Waals surface area contributed by atoms with Crippen molar-refractivity contribution in [3.8, 4) is 39.9 Å². The molecule has 0 fully saturated rings. The van der Waals surface area contributed by atoms with E-state index in [0.29, 0.717) is 16.9 Å². The van der Waals surface area contributed by atoms with Crippen LogP contribution in [0.3, 0.4) is 0 Å². The van der Waals surface area contributed by atoms with Gasteiger partial charge in [-0.3, -0.25) is 0 Å². The van der Waals surface area contributed by atoms with Crippen LogP contribution in [0.4, 0.5) is 8.78 Å². The van der Waals surface area contributed by atoms with Gasteiger partial charge in [0.25, 0.3) is 0 Å². The highest BCUT2D eigenvalue weighted by atomic mass is 19.1. The Morgan fingerprint density at radius 2 is 0.658 bits per heavy atom. The Balaban J connectivity index is 1.39. The summed E-state index contributed by atoms with van der Waals surface area (Å²) in [4.78, 5) is 0. The summed E-state index contributed by atoms with van der Waals surface area (Å²) in [5.41, 5.74) is 13.6. The molecule has 5 nitrogen and oxygen atoms in total. The SMILES string of the molecule is CC(C)(C)c1ccc(-c2c(-n3c4ccccc4c4cc(F)ccc43)c(-n3c4ccccc4c4ccccc43)c(C#N)c(-n3c4ccccc4c4ccccc43)c2-n2c3ccccc3c3cc(F)ccc32)c(C(C)(C)C)c1. The van der Waals surface area contributed by atoms with Crippen molar-refractivity contribution < 1.29 is 8.78 Å². The number of hydrogen-bond donors (Lipinski definition) is 0. The van der Waals surface area contributed by atoms with Crippen LogP contribution in [0.25, 0.3) is 121 Å². The topological polar surface area (TPSA) is 43.5 Å². The van der Waals surface area contributed by atoms with Gasteiger partial charge in [-0.1, -0.05) is 169 Å². The number of fused-ring (bicyclic) bond motifs is 12. The minimum absolute atomic E-state index is 0.203. The third-order valence-electron chi connectivity index (χ3n) is 15.8. The summed E-state index contributed by atoms with van der Waals surface area (Å²) >= 11 is 0. The number of benzene rings is 10. The molecule has 366 valence electrons. The van der Waals surface area contributed by atoms with Crippen molar-refractivity contribution in [2.24, 2.45) is 0 Å². The van der Waals surface area contributed by atoms with Gasteiger partial charge in [0.15, 0.2) is 0 Å². The molecule has 0 aliphatic heterocycles. The maximum atomic E-state index is 16.0. The van der Waals surface area contributed by atoms with Crippen molar-refractivity contribution >= 4 is 87.2 Å². The molecule has 76 heavy (non-hydrogen) atoms. The second kappa shape index (κ2) is 16.4. The van der Waals surface area contributed by atoms with Gasteiger partial charge >= 0.3 is 0 Å². The summed E-state index contributed by atoms with van der Waals surface area (Å²) in [6.45, 7) is 13.6. The number of nitrogens with zero attached hydrogens (tertiary/aromatic N) is 5. The van der Waals surface area contributed by atoms with Gasteiger partial charge in [-0.05, 0) is 100 Å². The van der Waals surface area contributed by atoms with Gasteiger partial charge in [-0.15, -0.1) is 0 Å². The van der Waals surface area contributed by atoms with Crippen LogP contribution in [0, 0.1) is 23.0 Å². The van der Waals surface area contributed by atoms with E-state index in [9.17, 15) is 5.26 Å². The Morgan fingerprint density at radius 3 is 0.987 bits per heavy atom. The van der Waals surface area contributed by atoms with Crippen LogP contribution < -0.4 is 0 Å². The number of halogens is 2. The highest BCUT2D eigenvalue weighted by molar-refractivity contribution is 6.17. The van der Waals surface area contributed by atoms with Crippen molar-refractivity contribution in [1.29, 1.82) is 5.26 Å². The Morgan fingerprint density at radius 1 is 0.342 bits per heavy atom. The Kier molecular flexibility index (Phi) is 9.78. The van der Waals surface area contributed by atoms with Crippen molar-refractivity contribution in [2.45, 2.75) is 52.4 Å². The molecule has 0 bridgehead atoms. The Hall–Kier alpha value is -9.25. The Labute approximate surface area is 438 Å². The number of nitriles is 1. The molecule has 7 heteroatoms. The fourth-order valence-corrected chi connectivity index (χ4v) is 12.5. The zero-order valence-electron chi connectivity index (χ0n) is 43.0. The minimum atomic E-state index is -0.438. The quantitative estimate of drug-likeness (QED) is 0.169. The average Bonchev–Trinajstić information content (AvgIpc) is 4.33. The summed E-state index contributed by atoms with van der Waals surface area (Å²) in [6.07, 6.45) is 0. The van der Waals surface area contributed by atoms with Gasteiger partial charge in [0.05, 0.1) is 66.9 Å². The van der Waals surface area contributed by atoms with E-state index in [1.807, 2.05) is 36.4 Å². The number of rotatable bonds is 5. The zero-order chi connectivity index (χ0) is 51.9. The van der Waals surface area contributed by atoms with E-state index in [4.69, 9.17) is 0 Å². The van der Waals surface area contributed by atoms with E-state index in [-0.39, 0.29) is 17.0 Å². The van der Waals surface area contributed by atoms with E-state index < -0.39 is 5.41 Å². The summed E-state index contributed by atoms with van der Waals surface area (Å²) in [6, 6.07) is 70.2. The first kappa shape index (κ1) is 45.4. The lowest BCUT2D eigenvalue weighted by molar-refractivity contribution is 0.569. The molecule has 0 unspecified atom stereocenters. The molecule has 0 aliphatic carbocycles. The first-order valence-electron chi connectivity index (χ1n) is 26.0. The standard InChI is InChI=1S/C69H51F2N5/c1-68(2,3)41-31-34-50(54(37-41)69(4,5)6)63-66(75-59-29-17-11-23-48(59)51-38-42(70)32-35-61(51)75)64(73-55-25-13-7-19-44(55)45-20-8-14-26-56(45)73)53(40-72)65(74-57-27-15-9-21-46(57)47-22-10-16-28-58(47)74)67(63)76-60-30-18-12-24-49(60)52-39-43(71)33-36-62(52)76/h7-39H,1-6H3. The molecule has 0 radical (unpaired) electrons. The van der Waals surface area contributed by atoms with Gasteiger partial charge in [0.1, 0.15) is 23.3 Å². The van der Waals surface area contributed by atoms with Gasteiger partial charge < -0.3 is 18.3 Å². The molecule has 0 amide bonds. The molecule has 0 aliphatic rings. The smallest absolute Gasteiger partial charge is 0.123 e. The molecular weight excluding hydrogens is 937 g/mol. The molecule has 10 aromatic carbocycles. The fraction of sp³-hybridized carbons (Fsp3) is 0.116. The lowest BCUT2D eigenvalue weighted by atomic mass is 9.76. The fourth-order valence-electron chi connectivity index (χ4n) is 12.5.